The van der Waals surface area contributed by atoms with Crippen LogP contribution in [0.1, 0.15) is 31.2 Å². The summed E-state index contributed by atoms with van der Waals surface area (Å²) in [4.78, 5) is 20.7. The zero-order chi connectivity index (χ0) is 27.4. The Balaban J connectivity index is 0.000000426. The summed E-state index contributed by atoms with van der Waals surface area (Å²) in [6.45, 7) is 1.46. The number of hydrogen-bond acceptors (Lipinski definition) is 7. The third-order valence-corrected chi connectivity index (χ3v) is 6.10. The van der Waals surface area contributed by atoms with Gasteiger partial charge in [0.1, 0.15) is 6.10 Å². The van der Waals surface area contributed by atoms with E-state index in [0.717, 1.165) is 55.9 Å². The molecule has 1 saturated heterocycles. The molecule has 1 aliphatic heterocycles. The zero-order valence-corrected chi connectivity index (χ0v) is 20.6. The van der Waals surface area contributed by atoms with Crippen LogP contribution in [0.15, 0.2) is 36.4 Å². The number of carboxylic acid groups (broad SMARTS) is 1. The molecule has 8 nitrogen and oxygen atoms in total. The third-order valence-electron chi connectivity index (χ3n) is 5.86. The summed E-state index contributed by atoms with van der Waals surface area (Å²) in [5.74, 6) is -1.39. The highest BCUT2D eigenvalue weighted by molar-refractivity contribution is 6.30. The smallest absolute Gasteiger partial charge is 0.487 e. The maximum Gasteiger partial charge on any atom is 0.490 e. The second-order valence-corrected chi connectivity index (χ2v) is 9.25. The Morgan fingerprint density at radius 2 is 1.79 bits per heavy atom. The summed E-state index contributed by atoms with van der Waals surface area (Å²) < 4.78 is 51.7. The predicted octanol–water partition coefficient (Wildman–Crippen LogP) is 5.55. The Bertz CT molecular complexity index is 1370. The van der Waals surface area contributed by atoms with Crippen LogP contribution < -0.4 is 15.0 Å². The standard InChI is InChI=1S/C23H21ClFN5O.C2HF3O2/c24-15-2-6-21(18(25)12-15)31-17-7-9-30(10-8-17)23-22(27-16-3-4-16)28-20-11-14(13-26)1-5-19(20)29-23;3-2(4,5)1(6)7/h1-2,5-6,11-12,16-17H,3-4,7-10H2,(H,27,28);(H,6,7). The molecular formula is C25H22ClF4N5O3. The molecule has 0 radical (unpaired) electrons. The van der Waals surface area contributed by atoms with Crippen molar-refractivity contribution in [2.75, 3.05) is 23.3 Å². The van der Waals surface area contributed by atoms with E-state index in [2.05, 4.69) is 16.3 Å². The van der Waals surface area contributed by atoms with Crippen molar-refractivity contribution in [3.8, 4) is 11.8 Å². The molecule has 1 saturated carbocycles. The zero-order valence-electron chi connectivity index (χ0n) is 19.8. The number of fused-ring (bicyclic) bond motifs is 1. The number of nitriles is 1. The highest BCUT2D eigenvalue weighted by Gasteiger charge is 2.38. The van der Waals surface area contributed by atoms with Crippen molar-refractivity contribution in [1.82, 2.24) is 9.97 Å². The fourth-order valence-electron chi connectivity index (χ4n) is 3.79. The number of rotatable bonds is 5. The molecule has 0 bridgehead atoms. The molecule has 2 aromatic carbocycles. The molecular weight excluding hydrogens is 530 g/mol. The number of carbonyl (C=O) groups is 1. The maximum absolute atomic E-state index is 14.1. The average molecular weight is 552 g/mol. The molecule has 5 rings (SSSR count). The first-order chi connectivity index (χ1) is 18.0. The molecule has 200 valence electrons. The van der Waals surface area contributed by atoms with Gasteiger partial charge in [0, 0.05) is 37.0 Å². The number of benzene rings is 2. The quantitative estimate of drug-likeness (QED) is 0.397. The first kappa shape index (κ1) is 27.2. The highest BCUT2D eigenvalue weighted by atomic mass is 35.5. The number of piperidine rings is 1. The van der Waals surface area contributed by atoms with E-state index in [9.17, 15) is 22.8 Å². The maximum atomic E-state index is 14.1. The lowest BCUT2D eigenvalue weighted by Crippen LogP contribution is -2.39. The van der Waals surface area contributed by atoms with E-state index in [-0.39, 0.29) is 11.9 Å². The summed E-state index contributed by atoms with van der Waals surface area (Å²) in [6, 6.07) is 12.4. The van der Waals surface area contributed by atoms with Gasteiger partial charge in [0.05, 0.1) is 22.7 Å². The number of hydrogen-bond donors (Lipinski definition) is 2. The molecule has 1 aromatic heterocycles. The van der Waals surface area contributed by atoms with Gasteiger partial charge in [0.2, 0.25) is 0 Å². The first-order valence-electron chi connectivity index (χ1n) is 11.7. The van der Waals surface area contributed by atoms with Gasteiger partial charge >= 0.3 is 12.1 Å². The van der Waals surface area contributed by atoms with Crippen molar-refractivity contribution in [2.45, 2.75) is 44.0 Å². The molecule has 2 N–H and O–H groups in total. The lowest BCUT2D eigenvalue weighted by atomic mass is 10.1. The van der Waals surface area contributed by atoms with Gasteiger partial charge in [0.25, 0.3) is 0 Å². The van der Waals surface area contributed by atoms with E-state index in [1.807, 2.05) is 6.07 Å². The largest absolute Gasteiger partial charge is 0.490 e. The van der Waals surface area contributed by atoms with Crippen molar-refractivity contribution in [3.63, 3.8) is 0 Å². The molecule has 2 aliphatic rings. The molecule has 13 heteroatoms. The number of anilines is 2. The fourth-order valence-corrected chi connectivity index (χ4v) is 3.95. The molecule has 0 unspecified atom stereocenters. The highest BCUT2D eigenvalue weighted by Crippen LogP contribution is 2.33. The van der Waals surface area contributed by atoms with Crippen LogP contribution >= 0.6 is 11.6 Å². The molecule has 2 fully saturated rings. The molecule has 38 heavy (non-hydrogen) atoms. The normalized spacial score (nSPS) is 15.8. The van der Waals surface area contributed by atoms with Gasteiger partial charge in [-0.2, -0.15) is 18.4 Å². The van der Waals surface area contributed by atoms with Crippen LogP contribution in [-0.2, 0) is 4.79 Å². The Kier molecular flexibility index (Phi) is 8.06. The summed E-state index contributed by atoms with van der Waals surface area (Å²) >= 11 is 5.82. The number of alkyl halides is 3. The van der Waals surface area contributed by atoms with E-state index < -0.39 is 18.0 Å². The Morgan fingerprint density at radius 3 is 2.37 bits per heavy atom. The predicted molar refractivity (Wildman–Crippen MR) is 132 cm³/mol. The number of carboxylic acids is 1. The molecule has 0 atom stereocenters. The van der Waals surface area contributed by atoms with Gasteiger partial charge in [-0.25, -0.2) is 19.2 Å². The average Bonchev–Trinajstić information content (AvgIpc) is 3.69. The minimum absolute atomic E-state index is 0.0710. The van der Waals surface area contributed by atoms with Crippen molar-refractivity contribution >= 4 is 40.2 Å². The summed E-state index contributed by atoms with van der Waals surface area (Å²) in [5.41, 5.74) is 2.04. The third kappa shape index (κ3) is 6.92. The number of ether oxygens (including phenoxy) is 1. The Morgan fingerprint density at radius 1 is 1.11 bits per heavy atom. The van der Waals surface area contributed by atoms with Gasteiger partial charge in [-0.1, -0.05) is 11.6 Å². The van der Waals surface area contributed by atoms with Crippen molar-refractivity contribution in [3.05, 3.63) is 52.8 Å². The van der Waals surface area contributed by atoms with Gasteiger partial charge in [-0.3, -0.25) is 0 Å². The topological polar surface area (TPSA) is 111 Å². The van der Waals surface area contributed by atoms with E-state index >= 15 is 0 Å². The van der Waals surface area contributed by atoms with Crippen LogP contribution in [0.2, 0.25) is 5.02 Å². The monoisotopic (exact) mass is 551 g/mol. The van der Waals surface area contributed by atoms with Gasteiger partial charge < -0.3 is 20.1 Å². The molecule has 2 heterocycles. The Labute approximate surface area is 219 Å². The minimum atomic E-state index is -5.08. The van der Waals surface area contributed by atoms with Crippen LogP contribution in [0.5, 0.6) is 5.75 Å². The molecule has 3 aromatic rings. The summed E-state index contributed by atoms with van der Waals surface area (Å²) in [6.07, 6.45) is -1.41. The van der Waals surface area contributed by atoms with Crippen LogP contribution in [-0.4, -0.2) is 52.5 Å². The van der Waals surface area contributed by atoms with Crippen molar-refractivity contribution in [1.29, 1.82) is 5.26 Å². The van der Waals surface area contributed by atoms with Gasteiger partial charge in [-0.05, 0) is 49.2 Å². The molecule has 0 spiro atoms. The summed E-state index contributed by atoms with van der Waals surface area (Å²) in [7, 11) is 0. The number of halogens is 5. The van der Waals surface area contributed by atoms with Crippen LogP contribution in [0, 0.1) is 17.1 Å². The van der Waals surface area contributed by atoms with E-state index in [1.165, 1.54) is 6.07 Å². The molecule has 0 amide bonds. The van der Waals surface area contributed by atoms with Crippen LogP contribution in [0.3, 0.4) is 0 Å². The lowest BCUT2D eigenvalue weighted by Gasteiger charge is -2.33. The number of nitrogens with zero attached hydrogens (tertiary/aromatic N) is 4. The van der Waals surface area contributed by atoms with Crippen molar-refractivity contribution in [2.24, 2.45) is 0 Å². The number of aliphatic carboxylic acids is 1. The SMILES string of the molecule is N#Cc1ccc2nc(N3CCC(Oc4ccc(Cl)cc4F)CC3)c(NC3CC3)nc2c1.O=C(O)C(F)(F)F. The van der Waals surface area contributed by atoms with Gasteiger partial charge in [0.15, 0.2) is 23.2 Å². The van der Waals surface area contributed by atoms with E-state index in [0.29, 0.717) is 22.1 Å². The molecule has 1 aliphatic carbocycles. The number of nitrogens with one attached hydrogen (secondary N) is 1. The number of aromatic nitrogens is 2. The fraction of sp³-hybridized carbons (Fsp3) is 0.360. The second-order valence-electron chi connectivity index (χ2n) is 8.81. The van der Waals surface area contributed by atoms with Crippen LogP contribution in [0.4, 0.5) is 29.2 Å². The van der Waals surface area contributed by atoms with Crippen LogP contribution in [0.25, 0.3) is 11.0 Å². The van der Waals surface area contributed by atoms with E-state index in [4.69, 9.17) is 36.2 Å². The minimum Gasteiger partial charge on any atom is -0.487 e. The first-order valence-corrected chi connectivity index (χ1v) is 12.1. The van der Waals surface area contributed by atoms with E-state index in [1.54, 1.807) is 24.3 Å². The second kappa shape index (κ2) is 11.3. The van der Waals surface area contributed by atoms with Crippen molar-refractivity contribution < 1.29 is 32.2 Å². The lowest BCUT2D eigenvalue weighted by molar-refractivity contribution is -0.192. The van der Waals surface area contributed by atoms with Gasteiger partial charge in [-0.15, -0.1) is 0 Å². The summed E-state index contributed by atoms with van der Waals surface area (Å²) in [5, 5.41) is 20.1. The Hall–Kier alpha value is -3.85.